The van der Waals surface area contributed by atoms with Crippen LogP contribution in [0.25, 0.3) is 0 Å². The van der Waals surface area contributed by atoms with Gasteiger partial charge in [-0.25, -0.2) is 0 Å². The molecule has 0 aromatic heterocycles. The van der Waals surface area contributed by atoms with Crippen molar-refractivity contribution in [2.24, 2.45) is 0 Å². The van der Waals surface area contributed by atoms with Crippen LogP contribution in [0.1, 0.15) is 26.2 Å². The summed E-state index contributed by atoms with van der Waals surface area (Å²) >= 11 is 0. The van der Waals surface area contributed by atoms with Gasteiger partial charge < -0.3 is 14.8 Å². The van der Waals surface area contributed by atoms with Crippen LogP contribution in [0.2, 0.25) is 0 Å². The van der Waals surface area contributed by atoms with Crippen molar-refractivity contribution in [3.05, 3.63) is 24.3 Å². The molecule has 1 fully saturated rings. The lowest BCUT2D eigenvalue weighted by molar-refractivity contribution is 0.0852. The Morgan fingerprint density at radius 2 is 1.82 bits per heavy atom. The van der Waals surface area contributed by atoms with Gasteiger partial charge in [-0.2, -0.15) is 0 Å². The predicted molar refractivity (Wildman–Crippen MR) is 68.7 cm³/mol. The van der Waals surface area contributed by atoms with Crippen LogP contribution < -0.4 is 14.8 Å². The van der Waals surface area contributed by atoms with E-state index >= 15 is 0 Å². The lowest BCUT2D eigenvalue weighted by Crippen LogP contribution is -2.46. The number of methoxy groups -OCH3 is 1. The van der Waals surface area contributed by atoms with E-state index in [2.05, 4.69) is 12.2 Å². The van der Waals surface area contributed by atoms with Crippen LogP contribution >= 0.6 is 0 Å². The van der Waals surface area contributed by atoms with Gasteiger partial charge in [0.2, 0.25) is 0 Å². The van der Waals surface area contributed by atoms with Gasteiger partial charge in [-0.3, -0.25) is 0 Å². The number of rotatable bonds is 6. The lowest BCUT2D eigenvalue weighted by atomic mass is 9.89. The number of benzene rings is 1. The Hall–Kier alpha value is -1.22. The van der Waals surface area contributed by atoms with E-state index in [1.54, 1.807) is 7.11 Å². The van der Waals surface area contributed by atoms with Crippen LogP contribution in [0.4, 0.5) is 0 Å². The molecular formula is C14H21NO2. The van der Waals surface area contributed by atoms with Gasteiger partial charge in [0.1, 0.15) is 17.6 Å². The van der Waals surface area contributed by atoms with Gasteiger partial charge >= 0.3 is 0 Å². The largest absolute Gasteiger partial charge is 0.497 e. The SMILES string of the molecule is CCCNC1CC(Oc2ccc(OC)cc2)C1. The summed E-state index contributed by atoms with van der Waals surface area (Å²) in [5.74, 6) is 1.80. The third-order valence-corrected chi connectivity index (χ3v) is 3.14. The third-order valence-electron chi connectivity index (χ3n) is 3.14. The van der Waals surface area contributed by atoms with E-state index in [4.69, 9.17) is 9.47 Å². The number of nitrogens with one attached hydrogen (secondary N) is 1. The molecule has 17 heavy (non-hydrogen) atoms. The summed E-state index contributed by atoms with van der Waals surface area (Å²) < 4.78 is 11.0. The Kier molecular flexibility index (Phi) is 4.26. The highest BCUT2D eigenvalue weighted by atomic mass is 16.5. The van der Waals surface area contributed by atoms with Crippen LogP contribution in [0.15, 0.2) is 24.3 Å². The van der Waals surface area contributed by atoms with Gasteiger partial charge in [-0.05, 0) is 50.1 Å². The van der Waals surface area contributed by atoms with Crippen molar-refractivity contribution in [2.45, 2.75) is 38.3 Å². The van der Waals surface area contributed by atoms with Gasteiger partial charge in [0.15, 0.2) is 0 Å². The first-order chi connectivity index (χ1) is 8.31. The third kappa shape index (κ3) is 3.37. The zero-order chi connectivity index (χ0) is 12.1. The molecule has 0 saturated heterocycles. The summed E-state index contributed by atoms with van der Waals surface area (Å²) in [5.41, 5.74) is 0. The maximum absolute atomic E-state index is 5.86. The normalized spacial score (nSPS) is 22.9. The van der Waals surface area contributed by atoms with Gasteiger partial charge in [0, 0.05) is 6.04 Å². The Morgan fingerprint density at radius 1 is 1.18 bits per heavy atom. The highest BCUT2D eigenvalue weighted by Crippen LogP contribution is 2.27. The monoisotopic (exact) mass is 235 g/mol. The van der Waals surface area contributed by atoms with E-state index in [0.717, 1.165) is 30.9 Å². The van der Waals surface area contributed by atoms with Crippen molar-refractivity contribution >= 4 is 0 Å². The molecule has 3 heteroatoms. The molecule has 3 nitrogen and oxygen atoms in total. The minimum Gasteiger partial charge on any atom is -0.497 e. The fourth-order valence-electron chi connectivity index (χ4n) is 2.02. The molecule has 0 bridgehead atoms. The second-order valence-corrected chi connectivity index (χ2v) is 4.54. The number of ether oxygens (including phenoxy) is 2. The van der Waals surface area contributed by atoms with Crippen LogP contribution in [0.3, 0.4) is 0 Å². The Balaban J connectivity index is 1.72. The first kappa shape index (κ1) is 12.2. The molecule has 1 N–H and O–H groups in total. The average Bonchev–Trinajstić information content (AvgIpc) is 2.32. The molecule has 0 heterocycles. The quantitative estimate of drug-likeness (QED) is 0.822. The van der Waals surface area contributed by atoms with E-state index in [0.29, 0.717) is 12.1 Å². The maximum Gasteiger partial charge on any atom is 0.119 e. The summed E-state index contributed by atoms with van der Waals surface area (Å²) in [6.07, 6.45) is 3.80. The molecule has 0 atom stereocenters. The second kappa shape index (κ2) is 5.92. The maximum atomic E-state index is 5.86. The molecule has 2 rings (SSSR count). The lowest BCUT2D eigenvalue weighted by Gasteiger charge is -2.36. The highest BCUT2D eigenvalue weighted by Gasteiger charge is 2.30. The van der Waals surface area contributed by atoms with Crippen LogP contribution in [-0.2, 0) is 0 Å². The summed E-state index contributed by atoms with van der Waals surface area (Å²) in [6, 6.07) is 8.44. The topological polar surface area (TPSA) is 30.5 Å². The van der Waals surface area contributed by atoms with Gasteiger partial charge in [0.05, 0.1) is 7.11 Å². The first-order valence-electron chi connectivity index (χ1n) is 6.36. The Labute approximate surface area is 103 Å². The Bertz CT molecular complexity index is 331. The second-order valence-electron chi connectivity index (χ2n) is 4.54. The molecule has 1 aromatic rings. The molecule has 0 amide bonds. The summed E-state index contributed by atoms with van der Waals surface area (Å²) in [5, 5.41) is 3.50. The van der Waals surface area contributed by atoms with E-state index in [1.807, 2.05) is 24.3 Å². The van der Waals surface area contributed by atoms with E-state index in [9.17, 15) is 0 Å². The molecule has 0 aliphatic heterocycles. The van der Waals surface area contributed by atoms with Crippen molar-refractivity contribution < 1.29 is 9.47 Å². The molecule has 1 aromatic carbocycles. The van der Waals surface area contributed by atoms with E-state index in [-0.39, 0.29) is 0 Å². The predicted octanol–water partition coefficient (Wildman–Crippen LogP) is 2.60. The molecule has 1 aliphatic carbocycles. The fraction of sp³-hybridized carbons (Fsp3) is 0.571. The molecule has 1 aliphatic rings. The molecule has 0 spiro atoms. The molecule has 94 valence electrons. The smallest absolute Gasteiger partial charge is 0.119 e. The molecule has 1 saturated carbocycles. The summed E-state index contributed by atoms with van der Waals surface area (Å²) in [7, 11) is 1.67. The van der Waals surface area contributed by atoms with Gasteiger partial charge in [-0.1, -0.05) is 6.92 Å². The van der Waals surface area contributed by atoms with Gasteiger partial charge in [-0.15, -0.1) is 0 Å². The average molecular weight is 235 g/mol. The standard InChI is InChI=1S/C14H21NO2/c1-3-8-15-11-9-14(10-11)17-13-6-4-12(16-2)5-7-13/h4-7,11,14-15H,3,8-10H2,1-2H3. The summed E-state index contributed by atoms with van der Waals surface area (Å²) in [4.78, 5) is 0. The summed E-state index contributed by atoms with van der Waals surface area (Å²) in [6.45, 7) is 3.30. The van der Waals surface area contributed by atoms with Crippen molar-refractivity contribution in [1.82, 2.24) is 5.32 Å². The van der Waals surface area contributed by atoms with Crippen molar-refractivity contribution in [2.75, 3.05) is 13.7 Å². The molecule has 0 radical (unpaired) electrons. The van der Waals surface area contributed by atoms with Crippen molar-refractivity contribution in [3.63, 3.8) is 0 Å². The van der Waals surface area contributed by atoms with Crippen LogP contribution in [-0.4, -0.2) is 25.8 Å². The Morgan fingerprint density at radius 3 is 2.41 bits per heavy atom. The molecular weight excluding hydrogens is 214 g/mol. The van der Waals surface area contributed by atoms with Gasteiger partial charge in [0.25, 0.3) is 0 Å². The highest BCUT2D eigenvalue weighted by molar-refractivity contribution is 5.31. The minimum absolute atomic E-state index is 0.373. The van der Waals surface area contributed by atoms with E-state index in [1.165, 1.54) is 6.42 Å². The zero-order valence-corrected chi connectivity index (χ0v) is 10.6. The number of hydrogen-bond donors (Lipinski definition) is 1. The van der Waals surface area contributed by atoms with Crippen LogP contribution in [0, 0.1) is 0 Å². The van der Waals surface area contributed by atoms with Crippen molar-refractivity contribution in [3.8, 4) is 11.5 Å². The first-order valence-corrected chi connectivity index (χ1v) is 6.36. The van der Waals surface area contributed by atoms with Crippen LogP contribution in [0.5, 0.6) is 11.5 Å². The van der Waals surface area contributed by atoms with Crippen molar-refractivity contribution in [1.29, 1.82) is 0 Å². The number of hydrogen-bond acceptors (Lipinski definition) is 3. The molecule has 0 unspecified atom stereocenters. The minimum atomic E-state index is 0.373. The fourth-order valence-corrected chi connectivity index (χ4v) is 2.02. The van der Waals surface area contributed by atoms with E-state index < -0.39 is 0 Å². The zero-order valence-electron chi connectivity index (χ0n) is 10.6.